The van der Waals surface area contributed by atoms with Crippen LogP contribution in [0.2, 0.25) is 0 Å². The molecular weight excluding hydrogens is 356 g/mol. The third kappa shape index (κ3) is 4.49. The van der Waals surface area contributed by atoms with Crippen molar-refractivity contribution in [1.29, 1.82) is 0 Å². The molecule has 27 heavy (non-hydrogen) atoms. The Balaban J connectivity index is 1.32. The topological polar surface area (TPSA) is 42.8 Å². The predicted molar refractivity (Wildman–Crippen MR) is 109 cm³/mol. The number of quaternary nitrogens is 1. The van der Waals surface area contributed by atoms with Crippen molar-refractivity contribution in [1.82, 2.24) is 5.32 Å². The minimum absolute atomic E-state index is 0.0465. The number of ether oxygens (including phenoxy) is 1. The lowest BCUT2D eigenvalue weighted by Gasteiger charge is -2.24. The van der Waals surface area contributed by atoms with E-state index in [4.69, 9.17) is 4.74 Å². The lowest BCUT2D eigenvalue weighted by Crippen LogP contribution is -3.11. The molecule has 1 atom stereocenters. The van der Waals surface area contributed by atoms with Crippen molar-refractivity contribution in [2.75, 3.05) is 26.2 Å². The fourth-order valence-electron chi connectivity index (χ4n) is 3.79. The number of carbonyl (C=O) groups is 1. The van der Waals surface area contributed by atoms with Crippen LogP contribution in [-0.2, 0) is 4.79 Å². The van der Waals surface area contributed by atoms with Gasteiger partial charge in [-0.2, -0.15) is 0 Å². The number of amides is 1. The zero-order valence-corrected chi connectivity index (χ0v) is 16.1. The van der Waals surface area contributed by atoms with Gasteiger partial charge in [0.05, 0.1) is 24.5 Å². The summed E-state index contributed by atoms with van der Waals surface area (Å²) in [5, 5.41) is 7.48. The van der Waals surface area contributed by atoms with E-state index in [1.807, 2.05) is 36.4 Å². The fourth-order valence-corrected chi connectivity index (χ4v) is 4.67. The van der Waals surface area contributed by atoms with Gasteiger partial charge in [0, 0.05) is 12.8 Å². The molecule has 4 rings (SSSR count). The van der Waals surface area contributed by atoms with Crippen molar-refractivity contribution in [3.63, 3.8) is 0 Å². The average Bonchev–Trinajstić information content (AvgIpc) is 3.41. The summed E-state index contributed by atoms with van der Waals surface area (Å²) in [7, 11) is 0. The highest BCUT2D eigenvalue weighted by molar-refractivity contribution is 7.10. The van der Waals surface area contributed by atoms with Crippen molar-refractivity contribution in [2.24, 2.45) is 0 Å². The Morgan fingerprint density at radius 1 is 1.07 bits per heavy atom. The van der Waals surface area contributed by atoms with Gasteiger partial charge in [-0.1, -0.05) is 36.4 Å². The Morgan fingerprint density at radius 2 is 1.89 bits per heavy atom. The summed E-state index contributed by atoms with van der Waals surface area (Å²) in [5.41, 5.74) is 0. The molecule has 0 aliphatic carbocycles. The first-order valence-electron chi connectivity index (χ1n) is 9.56. The molecule has 2 aromatic carbocycles. The van der Waals surface area contributed by atoms with Crippen LogP contribution in [0, 0.1) is 0 Å². The summed E-state index contributed by atoms with van der Waals surface area (Å²) in [4.78, 5) is 15.3. The van der Waals surface area contributed by atoms with Gasteiger partial charge in [-0.3, -0.25) is 4.79 Å². The standard InChI is InChI=1S/C22H24N2O2S/c25-22(16-26-19-10-9-17-6-1-2-7-18(17)14-19)23-15-20(21-8-5-13-27-21)24-11-3-4-12-24/h1-2,5-10,13-14,20H,3-4,11-12,15-16H2,(H,23,25)/p+1/t20-/m0/s1. The number of likely N-dealkylation sites (tertiary alicyclic amines) is 1. The normalized spacial score (nSPS) is 15.7. The molecule has 0 saturated carbocycles. The molecule has 1 aliphatic rings. The molecule has 3 aromatic rings. The Bertz CT molecular complexity index is 888. The molecule has 1 aromatic heterocycles. The molecule has 140 valence electrons. The number of hydrogen-bond donors (Lipinski definition) is 2. The van der Waals surface area contributed by atoms with Gasteiger partial charge in [-0.25, -0.2) is 0 Å². The molecule has 0 unspecified atom stereocenters. The maximum absolute atomic E-state index is 12.3. The maximum atomic E-state index is 12.3. The second-order valence-electron chi connectivity index (χ2n) is 7.04. The van der Waals surface area contributed by atoms with Crippen LogP contribution in [0.4, 0.5) is 0 Å². The van der Waals surface area contributed by atoms with E-state index in [9.17, 15) is 4.79 Å². The van der Waals surface area contributed by atoms with Gasteiger partial charge in [0.1, 0.15) is 11.8 Å². The quantitative estimate of drug-likeness (QED) is 0.661. The number of carbonyl (C=O) groups excluding carboxylic acids is 1. The molecule has 0 spiro atoms. The van der Waals surface area contributed by atoms with Crippen molar-refractivity contribution in [3.05, 3.63) is 64.9 Å². The highest BCUT2D eigenvalue weighted by atomic mass is 32.1. The van der Waals surface area contributed by atoms with Gasteiger partial charge >= 0.3 is 0 Å². The van der Waals surface area contributed by atoms with Gasteiger partial charge < -0.3 is 15.0 Å². The minimum atomic E-state index is -0.0664. The van der Waals surface area contributed by atoms with Gasteiger partial charge in [0.2, 0.25) is 0 Å². The SMILES string of the molecule is O=C(COc1ccc2ccccc2c1)NC[C@@H](c1cccs1)[NH+]1CCCC1. The Kier molecular flexibility index (Phi) is 5.70. The number of fused-ring (bicyclic) bond motifs is 1. The molecule has 1 saturated heterocycles. The third-order valence-corrected chi connectivity index (χ3v) is 6.21. The number of nitrogens with one attached hydrogen (secondary N) is 2. The number of rotatable bonds is 7. The Hall–Kier alpha value is -2.37. The predicted octanol–water partition coefficient (Wildman–Crippen LogP) is 2.82. The molecule has 0 radical (unpaired) electrons. The van der Waals surface area contributed by atoms with E-state index >= 15 is 0 Å². The summed E-state index contributed by atoms with van der Waals surface area (Å²) in [6, 6.07) is 18.7. The van der Waals surface area contributed by atoms with E-state index in [0.717, 1.165) is 11.1 Å². The smallest absolute Gasteiger partial charge is 0.258 e. The van der Waals surface area contributed by atoms with Gasteiger partial charge in [-0.15, -0.1) is 11.3 Å². The Morgan fingerprint density at radius 3 is 2.67 bits per heavy atom. The minimum Gasteiger partial charge on any atom is -0.484 e. The second-order valence-corrected chi connectivity index (χ2v) is 8.01. The molecule has 4 nitrogen and oxygen atoms in total. The van der Waals surface area contributed by atoms with E-state index < -0.39 is 0 Å². The van der Waals surface area contributed by atoms with E-state index in [2.05, 4.69) is 28.9 Å². The monoisotopic (exact) mass is 381 g/mol. The molecule has 1 fully saturated rings. The molecule has 1 amide bonds. The van der Waals surface area contributed by atoms with Crippen molar-refractivity contribution in [3.8, 4) is 5.75 Å². The fraction of sp³-hybridized carbons (Fsp3) is 0.318. The van der Waals surface area contributed by atoms with Crippen LogP contribution in [-0.4, -0.2) is 32.1 Å². The maximum Gasteiger partial charge on any atom is 0.258 e. The summed E-state index contributed by atoms with van der Waals surface area (Å²) < 4.78 is 5.71. The van der Waals surface area contributed by atoms with Gasteiger partial charge in [-0.05, 0) is 34.4 Å². The van der Waals surface area contributed by atoms with Crippen LogP contribution in [0.15, 0.2) is 60.0 Å². The number of benzene rings is 2. The molecular formula is C22H25N2O2S+. The van der Waals surface area contributed by atoms with Crippen LogP contribution in [0.3, 0.4) is 0 Å². The van der Waals surface area contributed by atoms with Crippen LogP contribution in [0.25, 0.3) is 10.8 Å². The molecule has 2 N–H and O–H groups in total. The van der Waals surface area contributed by atoms with Crippen molar-refractivity contribution in [2.45, 2.75) is 18.9 Å². The largest absolute Gasteiger partial charge is 0.484 e. The first kappa shape index (κ1) is 18.0. The lowest BCUT2D eigenvalue weighted by molar-refractivity contribution is -0.918. The van der Waals surface area contributed by atoms with Crippen LogP contribution in [0.5, 0.6) is 5.75 Å². The lowest BCUT2D eigenvalue weighted by atomic mass is 10.1. The molecule has 2 heterocycles. The summed E-state index contributed by atoms with van der Waals surface area (Å²) >= 11 is 1.78. The highest BCUT2D eigenvalue weighted by Gasteiger charge is 2.28. The highest BCUT2D eigenvalue weighted by Crippen LogP contribution is 2.20. The van der Waals surface area contributed by atoms with E-state index in [1.165, 1.54) is 36.2 Å². The Labute approximate surface area is 163 Å². The van der Waals surface area contributed by atoms with Crippen molar-refractivity contribution >= 4 is 28.0 Å². The molecule has 1 aliphatic heterocycles. The summed E-state index contributed by atoms with van der Waals surface area (Å²) in [6.07, 6.45) is 2.55. The van der Waals surface area contributed by atoms with E-state index in [-0.39, 0.29) is 12.5 Å². The van der Waals surface area contributed by atoms with Gasteiger partial charge in [0.15, 0.2) is 6.61 Å². The first-order chi connectivity index (χ1) is 13.3. The van der Waals surface area contributed by atoms with Crippen LogP contribution in [0.1, 0.15) is 23.8 Å². The second kappa shape index (κ2) is 8.55. The average molecular weight is 382 g/mol. The number of thiophene rings is 1. The van der Waals surface area contributed by atoms with Crippen LogP contribution < -0.4 is 15.0 Å². The zero-order chi connectivity index (χ0) is 18.5. The van der Waals surface area contributed by atoms with E-state index in [0.29, 0.717) is 12.6 Å². The molecule has 0 bridgehead atoms. The third-order valence-electron chi connectivity index (χ3n) is 5.22. The van der Waals surface area contributed by atoms with E-state index in [1.54, 1.807) is 16.2 Å². The summed E-state index contributed by atoms with van der Waals surface area (Å²) in [6.45, 7) is 3.08. The zero-order valence-electron chi connectivity index (χ0n) is 15.3. The first-order valence-corrected chi connectivity index (χ1v) is 10.4. The van der Waals surface area contributed by atoms with Crippen LogP contribution >= 0.6 is 11.3 Å². The van der Waals surface area contributed by atoms with Gasteiger partial charge in [0.25, 0.3) is 5.91 Å². The summed E-state index contributed by atoms with van der Waals surface area (Å²) in [5.74, 6) is 0.659. The van der Waals surface area contributed by atoms with Crippen molar-refractivity contribution < 1.29 is 14.4 Å². The molecule has 5 heteroatoms. The number of hydrogen-bond acceptors (Lipinski definition) is 3.